The molecule has 3 nitrogen and oxygen atoms in total. The van der Waals surface area contributed by atoms with E-state index in [-0.39, 0.29) is 0 Å². The zero-order valence-electron chi connectivity index (χ0n) is 10.6. The van der Waals surface area contributed by atoms with E-state index < -0.39 is 0 Å². The third kappa shape index (κ3) is 6.18. The number of nitrogens with zero attached hydrogens (tertiary/aromatic N) is 2. The van der Waals surface area contributed by atoms with Gasteiger partial charge in [-0.25, -0.2) is 0 Å². The zero-order chi connectivity index (χ0) is 11.8. The standard InChI is InChI=1S/C12H23N3S/c1-11(2)10-16-8-4-6-13-9-12-5-7-15(3)14-12/h5,7,11,13H,4,6,8-10H2,1-3H3. The van der Waals surface area contributed by atoms with Gasteiger partial charge in [0.1, 0.15) is 0 Å². The maximum absolute atomic E-state index is 4.32. The molecule has 0 radical (unpaired) electrons. The Morgan fingerprint density at radius 2 is 2.31 bits per heavy atom. The van der Waals surface area contributed by atoms with Gasteiger partial charge in [-0.05, 0) is 36.5 Å². The first-order valence-corrected chi connectivity index (χ1v) is 7.11. The normalized spacial score (nSPS) is 11.2. The van der Waals surface area contributed by atoms with Gasteiger partial charge in [-0.2, -0.15) is 16.9 Å². The first kappa shape index (κ1) is 13.6. The lowest BCUT2D eigenvalue weighted by atomic mass is 10.3. The molecular formula is C12H23N3S. The first-order valence-electron chi connectivity index (χ1n) is 5.95. The van der Waals surface area contributed by atoms with Crippen LogP contribution in [0.4, 0.5) is 0 Å². The molecule has 0 fully saturated rings. The van der Waals surface area contributed by atoms with Gasteiger partial charge in [0.25, 0.3) is 0 Å². The van der Waals surface area contributed by atoms with Crippen molar-refractivity contribution >= 4 is 11.8 Å². The summed E-state index contributed by atoms with van der Waals surface area (Å²) in [7, 11) is 1.95. The number of nitrogens with one attached hydrogen (secondary N) is 1. The van der Waals surface area contributed by atoms with Gasteiger partial charge in [-0.1, -0.05) is 13.8 Å². The molecule has 0 unspecified atom stereocenters. The summed E-state index contributed by atoms with van der Waals surface area (Å²) in [5.41, 5.74) is 1.12. The van der Waals surface area contributed by atoms with Crippen LogP contribution in [0.1, 0.15) is 26.0 Å². The van der Waals surface area contributed by atoms with Gasteiger partial charge in [-0.15, -0.1) is 0 Å². The van der Waals surface area contributed by atoms with Gasteiger partial charge >= 0.3 is 0 Å². The van der Waals surface area contributed by atoms with E-state index in [0.29, 0.717) is 0 Å². The van der Waals surface area contributed by atoms with Crippen LogP contribution in [0.2, 0.25) is 0 Å². The summed E-state index contributed by atoms with van der Waals surface area (Å²) in [6, 6.07) is 2.06. The summed E-state index contributed by atoms with van der Waals surface area (Å²) in [4.78, 5) is 0. The second-order valence-corrected chi connectivity index (χ2v) is 5.63. The van der Waals surface area contributed by atoms with Crippen molar-refractivity contribution in [2.75, 3.05) is 18.1 Å². The number of thioether (sulfide) groups is 1. The SMILES string of the molecule is CC(C)CSCCCNCc1ccn(C)n1. The fraction of sp³-hybridized carbons (Fsp3) is 0.750. The minimum atomic E-state index is 0.812. The molecule has 16 heavy (non-hydrogen) atoms. The average molecular weight is 241 g/mol. The minimum Gasteiger partial charge on any atom is -0.311 e. The van der Waals surface area contributed by atoms with Crippen LogP contribution in [-0.2, 0) is 13.6 Å². The van der Waals surface area contributed by atoms with Crippen LogP contribution in [-0.4, -0.2) is 27.8 Å². The van der Waals surface area contributed by atoms with Crippen molar-refractivity contribution in [3.63, 3.8) is 0 Å². The molecule has 1 aromatic heterocycles. The Morgan fingerprint density at radius 3 is 2.94 bits per heavy atom. The molecular weight excluding hydrogens is 218 g/mol. The van der Waals surface area contributed by atoms with E-state index in [1.54, 1.807) is 0 Å². The van der Waals surface area contributed by atoms with Gasteiger partial charge in [0, 0.05) is 19.8 Å². The van der Waals surface area contributed by atoms with Crippen LogP contribution in [0.25, 0.3) is 0 Å². The number of aryl methyl sites for hydroxylation is 1. The molecule has 4 heteroatoms. The number of hydrogen-bond acceptors (Lipinski definition) is 3. The van der Waals surface area contributed by atoms with Crippen LogP contribution >= 0.6 is 11.8 Å². The van der Waals surface area contributed by atoms with Crippen molar-refractivity contribution in [1.82, 2.24) is 15.1 Å². The summed E-state index contributed by atoms with van der Waals surface area (Å²) >= 11 is 2.05. The lowest BCUT2D eigenvalue weighted by Gasteiger charge is -2.05. The maximum atomic E-state index is 4.32. The van der Waals surface area contributed by atoms with E-state index in [0.717, 1.165) is 24.7 Å². The summed E-state index contributed by atoms with van der Waals surface area (Å²) in [6.07, 6.45) is 3.22. The molecule has 1 heterocycles. The van der Waals surface area contributed by atoms with Crippen LogP contribution in [0.15, 0.2) is 12.3 Å². The minimum absolute atomic E-state index is 0.812. The van der Waals surface area contributed by atoms with Crippen LogP contribution in [0.5, 0.6) is 0 Å². The molecule has 1 rings (SSSR count). The highest BCUT2D eigenvalue weighted by Gasteiger charge is 1.96. The highest BCUT2D eigenvalue weighted by Crippen LogP contribution is 2.07. The third-order valence-corrected chi connectivity index (χ3v) is 3.65. The predicted molar refractivity (Wildman–Crippen MR) is 71.7 cm³/mol. The van der Waals surface area contributed by atoms with Gasteiger partial charge in [0.2, 0.25) is 0 Å². The Labute approximate surface area is 103 Å². The fourth-order valence-electron chi connectivity index (χ4n) is 1.39. The molecule has 1 N–H and O–H groups in total. The molecule has 0 aliphatic carbocycles. The fourth-order valence-corrected chi connectivity index (χ4v) is 2.38. The Morgan fingerprint density at radius 1 is 1.50 bits per heavy atom. The molecule has 0 saturated heterocycles. The van der Waals surface area contributed by atoms with E-state index in [1.165, 1.54) is 17.9 Å². The van der Waals surface area contributed by atoms with Gasteiger partial charge in [0.15, 0.2) is 0 Å². The highest BCUT2D eigenvalue weighted by molar-refractivity contribution is 7.99. The lowest BCUT2D eigenvalue weighted by Crippen LogP contribution is -2.16. The summed E-state index contributed by atoms with van der Waals surface area (Å²) in [5.74, 6) is 3.35. The molecule has 0 saturated carbocycles. The molecule has 0 atom stereocenters. The van der Waals surface area contributed by atoms with Crippen molar-refractivity contribution in [1.29, 1.82) is 0 Å². The predicted octanol–water partition coefficient (Wildman–Crippen LogP) is 2.29. The van der Waals surface area contributed by atoms with E-state index in [4.69, 9.17) is 0 Å². The summed E-state index contributed by atoms with van der Waals surface area (Å²) in [5, 5.41) is 7.73. The van der Waals surface area contributed by atoms with E-state index in [1.807, 2.05) is 17.9 Å². The quantitative estimate of drug-likeness (QED) is 0.708. The average Bonchev–Trinajstić information content (AvgIpc) is 2.62. The molecule has 92 valence electrons. The Balaban J connectivity index is 1.92. The van der Waals surface area contributed by atoms with Gasteiger partial charge in [0.05, 0.1) is 5.69 Å². The highest BCUT2D eigenvalue weighted by atomic mass is 32.2. The molecule has 0 aliphatic rings. The second kappa shape index (κ2) is 7.74. The van der Waals surface area contributed by atoms with Crippen LogP contribution in [0, 0.1) is 5.92 Å². The Bertz CT molecular complexity index is 284. The largest absolute Gasteiger partial charge is 0.311 e. The van der Waals surface area contributed by atoms with E-state index in [9.17, 15) is 0 Å². The molecule has 0 bridgehead atoms. The van der Waals surface area contributed by atoms with Crippen molar-refractivity contribution < 1.29 is 0 Å². The van der Waals surface area contributed by atoms with Crippen molar-refractivity contribution in [3.8, 4) is 0 Å². The van der Waals surface area contributed by atoms with Gasteiger partial charge < -0.3 is 5.32 Å². The van der Waals surface area contributed by atoms with Crippen LogP contribution in [0.3, 0.4) is 0 Å². The first-order chi connectivity index (χ1) is 7.68. The Hall–Kier alpha value is -0.480. The second-order valence-electron chi connectivity index (χ2n) is 4.48. The maximum Gasteiger partial charge on any atom is 0.0762 e. The number of hydrogen-bond donors (Lipinski definition) is 1. The smallest absolute Gasteiger partial charge is 0.0762 e. The zero-order valence-corrected chi connectivity index (χ0v) is 11.4. The molecule has 0 spiro atoms. The van der Waals surface area contributed by atoms with Gasteiger partial charge in [-0.3, -0.25) is 4.68 Å². The molecule has 0 aromatic carbocycles. The van der Waals surface area contributed by atoms with Crippen molar-refractivity contribution in [2.24, 2.45) is 13.0 Å². The molecule has 1 aromatic rings. The molecule has 0 amide bonds. The third-order valence-electron chi connectivity index (χ3n) is 2.17. The number of rotatable bonds is 8. The van der Waals surface area contributed by atoms with Crippen molar-refractivity contribution in [2.45, 2.75) is 26.8 Å². The molecule has 0 aliphatic heterocycles. The Kier molecular flexibility index (Phi) is 6.57. The summed E-state index contributed by atoms with van der Waals surface area (Å²) in [6.45, 7) is 6.51. The van der Waals surface area contributed by atoms with Crippen molar-refractivity contribution in [3.05, 3.63) is 18.0 Å². The van der Waals surface area contributed by atoms with E-state index in [2.05, 4.69) is 42.1 Å². The lowest BCUT2D eigenvalue weighted by molar-refractivity contribution is 0.648. The van der Waals surface area contributed by atoms with E-state index >= 15 is 0 Å². The number of aromatic nitrogens is 2. The van der Waals surface area contributed by atoms with Crippen LogP contribution < -0.4 is 5.32 Å². The topological polar surface area (TPSA) is 29.9 Å². The monoisotopic (exact) mass is 241 g/mol. The summed E-state index contributed by atoms with van der Waals surface area (Å²) < 4.78 is 1.84.